The van der Waals surface area contributed by atoms with Crippen molar-refractivity contribution in [1.29, 1.82) is 0 Å². The van der Waals surface area contributed by atoms with Crippen LogP contribution in [0.15, 0.2) is 46.9 Å². The number of anilines is 1. The minimum absolute atomic E-state index is 0.449. The molecule has 0 aromatic heterocycles. The van der Waals surface area contributed by atoms with Crippen LogP contribution in [0.3, 0.4) is 0 Å². The lowest BCUT2D eigenvalue weighted by molar-refractivity contribution is 0.860. The Labute approximate surface area is 113 Å². The summed E-state index contributed by atoms with van der Waals surface area (Å²) in [5, 5.41) is 4.19. The first kappa shape index (κ1) is 11.9. The second-order valence-electron chi connectivity index (χ2n) is 4.89. The zero-order valence-corrected chi connectivity index (χ0v) is 11.8. The summed E-state index contributed by atoms with van der Waals surface area (Å²) < 4.78 is 0. The van der Waals surface area contributed by atoms with Crippen LogP contribution >= 0.6 is 11.8 Å². The van der Waals surface area contributed by atoms with Gasteiger partial charge in [0.15, 0.2) is 0 Å². The van der Waals surface area contributed by atoms with Crippen molar-refractivity contribution in [2.45, 2.75) is 42.9 Å². The molecule has 1 heterocycles. The van der Waals surface area contributed by atoms with Gasteiger partial charge in [-0.25, -0.2) is 0 Å². The van der Waals surface area contributed by atoms with E-state index in [2.05, 4.69) is 55.6 Å². The van der Waals surface area contributed by atoms with Crippen molar-refractivity contribution in [2.75, 3.05) is 5.32 Å². The van der Waals surface area contributed by atoms with Crippen molar-refractivity contribution in [3.63, 3.8) is 0 Å². The predicted molar refractivity (Wildman–Crippen MR) is 80.4 cm³/mol. The number of hydrogen-bond acceptors (Lipinski definition) is 2. The summed E-state index contributed by atoms with van der Waals surface area (Å²) in [6.07, 6.45) is 9.23. The zero-order valence-electron chi connectivity index (χ0n) is 10.9. The van der Waals surface area contributed by atoms with E-state index < -0.39 is 0 Å². The fourth-order valence-corrected chi connectivity index (χ4v) is 3.82. The van der Waals surface area contributed by atoms with E-state index in [1.54, 1.807) is 0 Å². The van der Waals surface area contributed by atoms with Crippen LogP contribution in [0.1, 0.15) is 25.8 Å². The summed E-state index contributed by atoms with van der Waals surface area (Å²) in [4.78, 5) is 1.40. The average molecular weight is 257 g/mol. The van der Waals surface area contributed by atoms with Gasteiger partial charge in [0, 0.05) is 10.6 Å². The lowest BCUT2D eigenvalue weighted by atomic mass is 10.00. The molecule has 0 fully saturated rings. The van der Waals surface area contributed by atoms with E-state index in [0.717, 1.165) is 12.8 Å². The van der Waals surface area contributed by atoms with E-state index in [4.69, 9.17) is 0 Å². The summed E-state index contributed by atoms with van der Waals surface area (Å²) in [7, 11) is 0. The summed E-state index contributed by atoms with van der Waals surface area (Å²) in [5.74, 6) is 0. The Morgan fingerprint density at radius 1 is 1.22 bits per heavy atom. The number of aryl methyl sites for hydroxylation is 1. The molecule has 0 spiro atoms. The molecule has 1 aliphatic carbocycles. The Morgan fingerprint density at radius 3 is 2.89 bits per heavy atom. The third kappa shape index (κ3) is 2.10. The maximum Gasteiger partial charge on any atom is 0.0605 e. The van der Waals surface area contributed by atoms with E-state index in [1.165, 1.54) is 21.7 Å². The Bertz CT molecular complexity index is 516. The predicted octanol–water partition coefficient (Wildman–Crippen LogP) is 4.41. The lowest BCUT2D eigenvalue weighted by Crippen LogP contribution is -2.33. The van der Waals surface area contributed by atoms with Crippen molar-refractivity contribution in [3.05, 3.63) is 47.6 Å². The Morgan fingerprint density at radius 2 is 2.11 bits per heavy atom. The molecular weight excluding hydrogens is 238 g/mol. The highest BCUT2D eigenvalue weighted by atomic mass is 32.2. The Balaban J connectivity index is 1.91. The molecular formula is C16H19NS. The molecule has 0 radical (unpaired) electrons. The average Bonchev–Trinajstić information content (AvgIpc) is 2.43. The maximum absolute atomic E-state index is 3.64. The van der Waals surface area contributed by atoms with Gasteiger partial charge >= 0.3 is 0 Å². The molecule has 0 bridgehead atoms. The van der Waals surface area contributed by atoms with E-state index in [1.807, 2.05) is 11.8 Å². The topological polar surface area (TPSA) is 12.0 Å². The molecule has 3 rings (SSSR count). The van der Waals surface area contributed by atoms with Gasteiger partial charge in [-0.15, -0.1) is 11.8 Å². The minimum Gasteiger partial charge on any atom is -0.376 e. The first-order valence-corrected chi connectivity index (χ1v) is 7.63. The van der Waals surface area contributed by atoms with E-state index in [-0.39, 0.29) is 0 Å². The van der Waals surface area contributed by atoms with Crippen molar-refractivity contribution in [1.82, 2.24) is 0 Å². The number of hydrogen-bond donors (Lipinski definition) is 1. The third-order valence-electron chi connectivity index (χ3n) is 3.70. The minimum atomic E-state index is 0.449. The van der Waals surface area contributed by atoms with Gasteiger partial charge in [-0.3, -0.25) is 0 Å². The highest BCUT2D eigenvalue weighted by Gasteiger charge is 2.27. The van der Waals surface area contributed by atoms with Crippen LogP contribution in [-0.4, -0.2) is 11.3 Å². The van der Waals surface area contributed by atoms with Crippen LogP contribution in [0.2, 0.25) is 0 Å². The third-order valence-corrected chi connectivity index (χ3v) is 4.99. The summed E-state index contributed by atoms with van der Waals surface area (Å²) in [5.41, 5.74) is 4.17. The summed E-state index contributed by atoms with van der Waals surface area (Å²) in [6, 6.07) is 7.24. The summed E-state index contributed by atoms with van der Waals surface area (Å²) >= 11 is 2.00. The molecule has 1 N–H and O–H groups in total. The number of thioether (sulfide) groups is 1. The van der Waals surface area contributed by atoms with E-state index >= 15 is 0 Å². The van der Waals surface area contributed by atoms with Gasteiger partial charge in [0.2, 0.25) is 0 Å². The van der Waals surface area contributed by atoms with Crippen LogP contribution in [0.25, 0.3) is 0 Å². The molecule has 2 heteroatoms. The second-order valence-corrected chi connectivity index (χ2v) is 6.11. The van der Waals surface area contributed by atoms with Crippen LogP contribution in [0.5, 0.6) is 0 Å². The quantitative estimate of drug-likeness (QED) is 0.842. The number of rotatable bonds is 2. The molecule has 1 aromatic carbocycles. The molecule has 94 valence electrons. The number of fused-ring (bicyclic) bond motifs is 2. The fourth-order valence-electron chi connectivity index (χ4n) is 2.51. The van der Waals surface area contributed by atoms with E-state index in [0.29, 0.717) is 11.3 Å². The highest BCUT2D eigenvalue weighted by Crippen LogP contribution is 2.41. The van der Waals surface area contributed by atoms with Gasteiger partial charge in [-0.2, -0.15) is 0 Å². The Kier molecular flexibility index (Phi) is 3.21. The molecule has 1 nitrogen and oxygen atoms in total. The van der Waals surface area contributed by atoms with Gasteiger partial charge in [-0.1, -0.05) is 43.7 Å². The van der Waals surface area contributed by atoms with Crippen molar-refractivity contribution >= 4 is 17.4 Å². The van der Waals surface area contributed by atoms with E-state index in [9.17, 15) is 0 Å². The second kappa shape index (κ2) is 4.85. The van der Waals surface area contributed by atoms with Crippen molar-refractivity contribution in [3.8, 4) is 0 Å². The standard InChI is InChI=1S/C16H19NS/c1-3-11-5-7-13-15(9-11)18-16-10-12(4-2)6-8-14(16)17-13/h5-10,13,15,17H,3-4H2,1-2H3. The normalized spacial score (nSPS) is 24.9. The molecule has 0 saturated heterocycles. The van der Waals surface area contributed by atoms with Gasteiger partial charge in [0.1, 0.15) is 0 Å². The molecule has 0 amide bonds. The Hall–Kier alpha value is -1.15. The fraction of sp³-hybridized carbons (Fsp3) is 0.375. The molecule has 18 heavy (non-hydrogen) atoms. The van der Waals surface area contributed by atoms with Crippen LogP contribution < -0.4 is 5.32 Å². The first-order valence-electron chi connectivity index (χ1n) is 6.75. The van der Waals surface area contributed by atoms with Crippen LogP contribution in [-0.2, 0) is 6.42 Å². The smallest absolute Gasteiger partial charge is 0.0605 e. The van der Waals surface area contributed by atoms with Crippen molar-refractivity contribution < 1.29 is 0 Å². The van der Waals surface area contributed by atoms with Crippen LogP contribution in [0.4, 0.5) is 5.69 Å². The molecule has 2 aliphatic rings. The van der Waals surface area contributed by atoms with Gasteiger partial charge in [0.25, 0.3) is 0 Å². The van der Waals surface area contributed by atoms with Gasteiger partial charge < -0.3 is 5.32 Å². The lowest BCUT2D eigenvalue weighted by Gasteiger charge is -2.33. The molecule has 2 unspecified atom stereocenters. The first-order chi connectivity index (χ1) is 8.80. The largest absolute Gasteiger partial charge is 0.376 e. The summed E-state index contributed by atoms with van der Waals surface area (Å²) in [6.45, 7) is 4.43. The monoisotopic (exact) mass is 257 g/mol. The van der Waals surface area contributed by atoms with Crippen LogP contribution in [0, 0.1) is 0 Å². The molecule has 1 aliphatic heterocycles. The molecule has 1 aromatic rings. The number of benzene rings is 1. The zero-order chi connectivity index (χ0) is 12.5. The number of allylic oxidation sites excluding steroid dienone is 2. The molecule has 0 saturated carbocycles. The SMILES string of the molecule is CCC1=CC2Sc3cc(CC)ccc3NC2C=C1. The highest BCUT2D eigenvalue weighted by molar-refractivity contribution is 8.00. The molecule has 2 atom stereocenters. The maximum atomic E-state index is 3.64. The van der Waals surface area contributed by atoms with Crippen molar-refractivity contribution in [2.24, 2.45) is 0 Å². The van der Waals surface area contributed by atoms with Gasteiger partial charge in [-0.05, 0) is 30.5 Å². The van der Waals surface area contributed by atoms with Gasteiger partial charge in [0.05, 0.1) is 11.3 Å². The number of nitrogens with one attached hydrogen (secondary N) is 1.